The fourth-order valence-corrected chi connectivity index (χ4v) is 16.6. The zero-order chi connectivity index (χ0) is 69.3. The molecule has 97 heavy (non-hydrogen) atoms. The van der Waals surface area contributed by atoms with Gasteiger partial charge in [-0.15, -0.1) is 11.8 Å². The number of carbonyl (C=O) groups is 3. The number of nitrogens with one attached hydrogen (secondary N) is 2. The van der Waals surface area contributed by atoms with E-state index in [2.05, 4.69) is 20.4 Å². The van der Waals surface area contributed by atoms with Crippen LogP contribution in [0, 0.1) is 0 Å². The highest BCUT2D eigenvalue weighted by atomic mass is 35.5. The van der Waals surface area contributed by atoms with Gasteiger partial charge in [-0.25, -0.2) is 4.79 Å². The van der Waals surface area contributed by atoms with Crippen molar-refractivity contribution in [3.05, 3.63) is 114 Å². The largest absolute Gasteiger partial charge is 0.508 e. The predicted octanol–water partition coefficient (Wildman–Crippen LogP) is 8.64. The fourth-order valence-electron chi connectivity index (χ4n) is 13.3. The number of carbonyl (C=O) groups excluding carboxylic acids is 3. The van der Waals surface area contributed by atoms with Crippen molar-refractivity contribution in [2.45, 2.75) is 87.8 Å². The molecule has 0 saturated carbocycles. The smallest absolute Gasteiger partial charge is 0.341 e. The van der Waals surface area contributed by atoms with Crippen molar-refractivity contribution in [1.29, 1.82) is 0 Å². The molecule has 4 aromatic rings. The zero-order valence-electron chi connectivity index (χ0n) is 54.7. The SMILES string of the molecule is CC1(C)C=C(CS(=O)(=O)O)c2cc3c(c4c2N1CCC4)Oc1c(cc2c4c1CCCN4C(C)(C)C=C2CS(=O)(=O)O)C31OC(=O)c2c(Cl)c(Cl)c(SCC(=O)NCCOCCOCCOCCOCCOCCOCCOCCOCCC(=O)NCCc3ccc(O)cc3)c(Cl)c21. The van der Waals surface area contributed by atoms with Crippen LogP contribution >= 0.6 is 46.6 Å². The fraction of sp³-hybridized carbons (Fsp3) is 0.537. The van der Waals surface area contributed by atoms with Crippen molar-refractivity contribution in [1.82, 2.24) is 10.6 Å². The zero-order valence-corrected chi connectivity index (χ0v) is 59.4. The van der Waals surface area contributed by atoms with E-state index >= 15 is 0 Å². The first-order valence-electron chi connectivity index (χ1n) is 32.3. The summed E-state index contributed by atoms with van der Waals surface area (Å²) >= 11 is 22.9. The summed E-state index contributed by atoms with van der Waals surface area (Å²) in [6, 6.07) is 10.3. The number of phenolic OH excluding ortho intramolecular Hbond substituents is 1. The topological polar surface area (TPSA) is 303 Å². The third-order valence-corrected chi connectivity index (χ3v) is 21.3. The Kier molecular flexibility index (Phi) is 25.0. The highest BCUT2D eigenvalue weighted by Crippen LogP contribution is 2.66. The van der Waals surface area contributed by atoms with Crippen molar-refractivity contribution in [3.63, 3.8) is 0 Å². The summed E-state index contributed by atoms with van der Waals surface area (Å²) in [6.07, 6.45) is 6.78. The van der Waals surface area contributed by atoms with Gasteiger partial charge < -0.3 is 72.9 Å². The minimum absolute atomic E-state index is 0.0695. The number of ether oxygens (including phenoxy) is 10. The maximum atomic E-state index is 14.9. The van der Waals surface area contributed by atoms with Crippen molar-refractivity contribution in [2.75, 3.05) is 159 Å². The van der Waals surface area contributed by atoms with Gasteiger partial charge in [0.15, 0.2) is 5.60 Å². The Morgan fingerprint density at radius 2 is 1.03 bits per heavy atom. The second kappa shape index (κ2) is 32.6. The molecule has 0 bridgehead atoms. The predicted molar refractivity (Wildman–Crippen MR) is 368 cm³/mol. The number of hydrogen-bond donors (Lipinski definition) is 5. The van der Waals surface area contributed by atoms with Gasteiger partial charge in [0.25, 0.3) is 20.2 Å². The Morgan fingerprint density at radius 1 is 0.598 bits per heavy atom. The van der Waals surface area contributed by atoms with Crippen molar-refractivity contribution in [3.8, 4) is 17.2 Å². The van der Waals surface area contributed by atoms with E-state index in [1.54, 1.807) is 36.4 Å². The van der Waals surface area contributed by atoms with Gasteiger partial charge >= 0.3 is 5.97 Å². The molecule has 0 radical (unpaired) electrons. The van der Waals surface area contributed by atoms with Crippen LogP contribution in [0.5, 0.6) is 17.2 Å². The van der Waals surface area contributed by atoms with E-state index in [1.807, 2.05) is 39.8 Å². The van der Waals surface area contributed by atoms with Gasteiger partial charge in [0.1, 0.15) is 28.8 Å². The number of amides is 2. The number of nitrogens with zero attached hydrogens (tertiary/aromatic N) is 2. The summed E-state index contributed by atoms with van der Waals surface area (Å²) < 4.78 is 131. The molecule has 24 nitrogen and oxygen atoms in total. The van der Waals surface area contributed by atoms with Crippen LogP contribution in [0.15, 0.2) is 53.4 Å². The number of halogens is 3. The maximum Gasteiger partial charge on any atom is 0.341 e. The summed E-state index contributed by atoms with van der Waals surface area (Å²) in [5, 5.41) is 14.7. The number of benzene rings is 4. The van der Waals surface area contributed by atoms with Crippen molar-refractivity contribution < 1.29 is 92.8 Å². The Hall–Kier alpha value is -5.31. The number of hydrogen-bond acceptors (Lipinski definition) is 21. The lowest BCUT2D eigenvalue weighted by atomic mass is 9.71. The van der Waals surface area contributed by atoms with Crippen LogP contribution in [0.2, 0.25) is 15.1 Å². The average Bonchev–Trinajstić information content (AvgIpc) is 1.65. The molecule has 4 aromatic carbocycles. The third-order valence-electron chi connectivity index (χ3n) is 17.4. The Labute approximate surface area is 584 Å². The Morgan fingerprint density at radius 3 is 1.48 bits per heavy atom. The number of aromatic hydroxyl groups is 1. The molecule has 0 atom stereocenters. The first-order valence-corrected chi connectivity index (χ1v) is 37.6. The maximum absolute atomic E-state index is 14.9. The van der Waals surface area contributed by atoms with E-state index < -0.39 is 60.3 Å². The number of fused-ring (bicyclic) bond motifs is 8. The van der Waals surface area contributed by atoms with Gasteiger partial charge in [-0.2, -0.15) is 16.8 Å². The summed E-state index contributed by atoms with van der Waals surface area (Å²) in [5.41, 5.74) is 2.24. The summed E-state index contributed by atoms with van der Waals surface area (Å²) in [5.74, 6) is -2.19. The molecule has 30 heteroatoms. The Bertz CT molecular complexity index is 3740. The molecule has 2 amide bonds. The van der Waals surface area contributed by atoms with Gasteiger partial charge in [-0.05, 0) is 101 Å². The lowest BCUT2D eigenvalue weighted by Gasteiger charge is -2.50. The molecule has 6 aliphatic heterocycles. The van der Waals surface area contributed by atoms with Gasteiger partial charge in [0, 0.05) is 76.4 Å². The van der Waals surface area contributed by atoms with Gasteiger partial charge in [-0.1, -0.05) is 59.1 Å². The van der Waals surface area contributed by atoms with Gasteiger partial charge in [0.2, 0.25) is 11.8 Å². The lowest BCUT2D eigenvalue weighted by molar-refractivity contribution is -0.122. The van der Waals surface area contributed by atoms with Crippen LogP contribution in [-0.2, 0) is 97.3 Å². The molecule has 6 heterocycles. The van der Waals surface area contributed by atoms with Crippen LogP contribution in [0.4, 0.5) is 11.4 Å². The molecule has 0 unspecified atom stereocenters. The van der Waals surface area contributed by atoms with Gasteiger partial charge in [-0.3, -0.25) is 18.7 Å². The molecule has 5 N–H and O–H groups in total. The molecule has 0 fully saturated rings. The van der Waals surface area contributed by atoms with Gasteiger partial charge in [0.05, 0.1) is 155 Å². The molecule has 0 aliphatic carbocycles. The third kappa shape index (κ3) is 17.7. The van der Waals surface area contributed by atoms with Crippen molar-refractivity contribution in [2.24, 2.45) is 0 Å². The standard InChI is InChI=1S/C67H83Cl3N4O20S3/c1-65(2)37-43(40-96(79,80)81)48-35-50-61(46-7-5-17-73(65)59(46)48)93-62-47-8-6-18-74-60(47)49(44(38-66(74,3)4)41-97(82,83)84)36-51(62)67(50)55-54(64(78)94-67)56(68)58(70)63(57(55)69)95-39-53(77)72-16-20-86-22-24-88-26-28-90-30-32-92-34-33-91-31-29-89-27-25-87-23-21-85-19-14-52(76)71-15-13-42-9-11-45(75)12-10-42/h9-12,35-38,75H,5-8,13-34,39-41H2,1-4H3,(H,71,76)(H,72,77)(H,79,80,81)(H,82,83,84). The molecular formula is C67H83Cl3N4O20S3. The molecule has 10 rings (SSSR count). The van der Waals surface area contributed by atoms with Crippen LogP contribution in [0.3, 0.4) is 0 Å². The number of esters is 1. The van der Waals surface area contributed by atoms with E-state index in [-0.39, 0.29) is 92.4 Å². The first-order chi connectivity index (χ1) is 46.3. The van der Waals surface area contributed by atoms with E-state index in [1.165, 1.54) is 0 Å². The number of anilines is 2. The minimum Gasteiger partial charge on any atom is -0.508 e. The first kappa shape index (κ1) is 74.4. The van der Waals surface area contributed by atoms with E-state index in [0.717, 1.165) is 17.3 Å². The monoisotopic (exact) mass is 1460 g/mol. The molecule has 1 spiro atoms. The highest BCUT2D eigenvalue weighted by molar-refractivity contribution is 8.00. The second-order valence-corrected chi connectivity index (χ2v) is 30.1. The molecule has 0 aromatic heterocycles. The molecule has 0 saturated heterocycles. The lowest BCUT2D eigenvalue weighted by Crippen LogP contribution is -2.49. The molecular weight excluding hydrogens is 1380 g/mol. The summed E-state index contributed by atoms with van der Waals surface area (Å²) in [6.45, 7) is 15.4. The number of rotatable bonds is 37. The molecule has 6 aliphatic rings. The average molecular weight is 1470 g/mol. The molecule has 530 valence electrons. The van der Waals surface area contributed by atoms with Crippen LogP contribution in [-0.4, -0.2) is 209 Å². The summed E-state index contributed by atoms with van der Waals surface area (Å²) in [4.78, 5) is 44.9. The van der Waals surface area contributed by atoms with Crippen LogP contribution < -0.4 is 25.2 Å². The highest BCUT2D eigenvalue weighted by Gasteiger charge is 2.59. The minimum atomic E-state index is -4.61. The number of phenols is 1. The van der Waals surface area contributed by atoms with Crippen LogP contribution in [0.25, 0.3) is 11.1 Å². The van der Waals surface area contributed by atoms with Crippen LogP contribution in [0.1, 0.15) is 102 Å². The van der Waals surface area contributed by atoms with E-state index in [9.17, 15) is 45.4 Å². The van der Waals surface area contributed by atoms with E-state index in [4.69, 9.17) is 82.2 Å². The number of thioether (sulfide) groups is 1. The Balaban J connectivity index is 0.678. The normalized spacial score (nSPS) is 16.7. The van der Waals surface area contributed by atoms with Crippen molar-refractivity contribution >= 4 is 107 Å². The second-order valence-electron chi connectivity index (χ2n) is 25.1. The quantitative estimate of drug-likeness (QED) is 0.00927. The summed E-state index contributed by atoms with van der Waals surface area (Å²) in [7, 11) is -9.21. The van der Waals surface area contributed by atoms with E-state index in [0.29, 0.717) is 194 Å².